The van der Waals surface area contributed by atoms with Crippen LogP contribution in [0, 0.1) is 0 Å². The quantitative estimate of drug-likeness (QED) is 0.0412. The van der Waals surface area contributed by atoms with E-state index in [0.29, 0.717) is 123 Å². The zero-order valence-corrected chi connectivity index (χ0v) is 41.1. The average Bonchev–Trinajstić information content (AvgIpc) is 3.35. The largest absolute Gasteiger partial charge is 0.481 e. The summed E-state index contributed by atoms with van der Waals surface area (Å²) < 4.78 is 49.6. The molecule has 0 spiro atoms. The second-order valence-corrected chi connectivity index (χ2v) is 16.2. The van der Waals surface area contributed by atoms with E-state index in [4.69, 9.17) is 42.6 Å². The number of ether oxygens (including phenoxy) is 9. The van der Waals surface area contributed by atoms with E-state index in [9.17, 15) is 39.0 Å². The van der Waals surface area contributed by atoms with Crippen LogP contribution in [0.25, 0.3) is 0 Å². The lowest BCUT2D eigenvalue weighted by atomic mass is 10.1. The van der Waals surface area contributed by atoms with Crippen molar-refractivity contribution >= 4 is 63.9 Å². The number of aliphatic imine (C=N–C) groups is 1. The van der Waals surface area contributed by atoms with Crippen LogP contribution in [-0.4, -0.2) is 188 Å². The van der Waals surface area contributed by atoms with Crippen LogP contribution >= 0.6 is 11.8 Å². The zero-order chi connectivity index (χ0) is 51.3. The van der Waals surface area contributed by atoms with E-state index in [1.165, 1.54) is 49.0 Å². The van der Waals surface area contributed by atoms with Gasteiger partial charge in [-0.25, -0.2) is 9.79 Å². The van der Waals surface area contributed by atoms with Crippen LogP contribution in [0.1, 0.15) is 43.5 Å². The highest BCUT2D eigenvalue weighted by Crippen LogP contribution is 2.24. The lowest BCUT2D eigenvalue weighted by molar-refractivity contribution is -0.145. The summed E-state index contributed by atoms with van der Waals surface area (Å²) in [6.45, 7) is 9.60. The minimum atomic E-state index is -1.81. The van der Waals surface area contributed by atoms with Gasteiger partial charge in [0.05, 0.1) is 132 Å². The normalized spacial score (nSPS) is 12.8. The Kier molecular flexibility index (Phi) is 31.2. The van der Waals surface area contributed by atoms with Gasteiger partial charge in [-0.05, 0) is 48.5 Å². The number of rotatable bonds is 40. The van der Waals surface area contributed by atoms with Crippen LogP contribution in [-0.2, 0) is 61.9 Å². The van der Waals surface area contributed by atoms with Crippen molar-refractivity contribution in [2.45, 2.75) is 45.4 Å². The number of amides is 3. The molecular weight excluding hydrogens is 953 g/mol. The van der Waals surface area contributed by atoms with Crippen molar-refractivity contribution in [2.75, 3.05) is 135 Å². The molecule has 1 aliphatic heterocycles. The number of carbonyl (C=O) groups excluding carboxylic acids is 4. The van der Waals surface area contributed by atoms with Crippen molar-refractivity contribution in [3.63, 3.8) is 0 Å². The number of hydrogen-bond acceptors (Lipinski definition) is 19. The molecule has 1 aliphatic rings. The summed E-state index contributed by atoms with van der Waals surface area (Å²) >= 11 is 1.24. The highest BCUT2D eigenvalue weighted by molar-refractivity contribution is 8.13. The van der Waals surface area contributed by atoms with Crippen molar-refractivity contribution in [3.05, 3.63) is 66.4 Å². The van der Waals surface area contributed by atoms with Gasteiger partial charge in [-0.1, -0.05) is 24.8 Å². The van der Waals surface area contributed by atoms with E-state index in [2.05, 4.69) is 26.3 Å². The van der Waals surface area contributed by atoms with Crippen LogP contribution in [0.4, 0.5) is 11.4 Å². The molecule has 0 saturated carbocycles. The standard InChI is InChI=1S/C47H68N6O17S/c1-3-42(52-41(55)12-15-62-16-17-63-18-19-64-20-21-65-22-23-66-24-25-67-26-27-68-28-29-69-30-31-71-35(2)54)70-39-10-8-38(9-11-39)53(40(46(60)61)33-44(57)58)43(56)34-50-45(59)36-6-4-7-37(32-36)51-47-48-13-5-14-49-47/h4-11,13,32,40,42H,3,12,14-31,33-34H2,1-2H3,(H,50,59)(H,52,55)(H,57,58)(H,60,61)(H2,48,49,51)/t40-,42-/m0/s1. The second-order valence-electron chi connectivity index (χ2n) is 14.9. The van der Waals surface area contributed by atoms with Crippen LogP contribution in [0.3, 0.4) is 0 Å². The Hall–Kier alpha value is -5.70. The van der Waals surface area contributed by atoms with Crippen LogP contribution in [0.15, 0.2) is 65.8 Å². The predicted octanol–water partition coefficient (Wildman–Crippen LogP) is 2.30. The van der Waals surface area contributed by atoms with Gasteiger partial charge in [0.1, 0.15) is 11.8 Å². The van der Waals surface area contributed by atoms with E-state index < -0.39 is 49.0 Å². The molecule has 1 heterocycles. The number of carboxylic acids is 2. The third-order valence-electron chi connectivity index (χ3n) is 9.41. The van der Waals surface area contributed by atoms with Gasteiger partial charge in [-0.15, -0.1) is 0 Å². The first-order valence-corrected chi connectivity index (χ1v) is 24.1. The first kappa shape index (κ1) is 59.6. The maximum atomic E-state index is 13.6. The molecule has 0 saturated heterocycles. The van der Waals surface area contributed by atoms with Crippen molar-refractivity contribution in [3.8, 4) is 5.75 Å². The first-order valence-electron chi connectivity index (χ1n) is 23.2. The Bertz CT molecular complexity index is 1960. The van der Waals surface area contributed by atoms with Gasteiger partial charge in [0.15, 0.2) is 17.3 Å². The molecule has 6 N–H and O–H groups in total. The number of aliphatic carboxylic acids is 2. The van der Waals surface area contributed by atoms with Crippen LogP contribution in [0.5, 0.6) is 5.75 Å². The predicted molar refractivity (Wildman–Crippen MR) is 262 cm³/mol. The number of nitrogens with one attached hydrogen (secondary N) is 4. The zero-order valence-electron chi connectivity index (χ0n) is 40.3. The summed E-state index contributed by atoms with van der Waals surface area (Å²) in [6, 6.07) is 10.3. The van der Waals surface area contributed by atoms with E-state index in [-0.39, 0.29) is 47.7 Å². The summed E-state index contributed by atoms with van der Waals surface area (Å²) in [7, 11) is 0. The highest BCUT2D eigenvalue weighted by atomic mass is 32.2. The van der Waals surface area contributed by atoms with Gasteiger partial charge in [0.25, 0.3) is 5.91 Å². The molecule has 3 amide bonds. The van der Waals surface area contributed by atoms with E-state index in [1.54, 1.807) is 31.3 Å². The number of nitrogens with zero attached hydrogens (tertiary/aromatic N) is 2. The fraction of sp³-hybridized carbons (Fsp3) is 0.553. The fourth-order valence-electron chi connectivity index (χ4n) is 5.99. The number of guanidine groups is 1. The molecule has 394 valence electrons. The molecule has 23 nitrogen and oxygen atoms in total. The lowest BCUT2D eigenvalue weighted by Crippen LogP contribution is -2.50. The average molecular weight is 1020 g/mol. The number of carboxylic acid groups (broad SMARTS) is 2. The van der Waals surface area contributed by atoms with E-state index in [0.717, 1.165) is 4.90 Å². The smallest absolute Gasteiger partial charge is 0.327 e. The Morgan fingerprint density at radius 2 is 1.30 bits per heavy atom. The number of anilines is 2. The summed E-state index contributed by atoms with van der Waals surface area (Å²) in [5.41, 5.74) is 0.786. The third-order valence-corrected chi connectivity index (χ3v) is 10.2. The molecule has 0 aromatic heterocycles. The van der Waals surface area contributed by atoms with Crippen molar-refractivity contribution in [2.24, 2.45) is 4.99 Å². The molecule has 24 heteroatoms. The van der Waals surface area contributed by atoms with Crippen molar-refractivity contribution in [1.82, 2.24) is 16.0 Å². The highest BCUT2D eigenvalue weighted by Gasteiger charge is 2.33. The summed E-state index contributed by atoms with van der Waals surface area (Å²) in [6.07, 6.45) is 2.33. The number of thioether (sulfide) groups is 1. The Morgan fingerprint density at radius 1 is 0.746 bits per heavy atom. The molecule has 2 aromatic rings. The lowest BCUT2D eigenvalue weighted by Gasteiger charge is -2.29. The second kappa shape index (κ2) is 37.1. The van der Waals surface area contributed by atoms with Crippen LogP contribution < -0.4 is 30.9 Å². The maximum Gasteiger partial charge on any atom is 0.327 e. The fourth-order valence-corrected chi connectivity index (χ4v) is 6.48. The minimum Gasteiger partial charge on any atom is -0.481 e. The summed E-state index contributed by atoms with van der Waals surface area (Å²) in [5.74, 6) is -3.45. The Labute approximate surface area is 417 Å². The van der Waals surface area contributed by atoms with Gasteiger partial charge >= 0.3 is 11.9 Å². The van der Waals surface area contributed by atoms with Gasteiger partial charge in [-0.3, -0.25) is 28.9 Å². The molecule has 0 unspecified atom stereocenters. The molecule has 0 aliphatic carbocycles. The molecule has 2 atom stereocenters. The van der Waals surface area contributed by atoms with E-state index >= 15 is 0 Å². The monoisotopic (exact) mass is 1020 g/mol. The van der Waals surface area contributed by atoms with E-state index in [1.807, 2.05) is 6.08 Å². The van der Waals surface area contributed by atoms with Gasteiger partial charge in [-0.2, -0.15) is 0 Å². The Morgan fingerprint density at radius 3 is 1.79 bits per heavy atom. The molecule has 71 heavy (non-hydrogen) atoms. The maximum absolute atomic E-state index is 13.6. The summed E-state index contributed by atoms with van der Waals surface area (Å²) in [5, 5.41) is 30.8. The molecular formula is C47H68N6O17S. The van der Waals surface area contributed by atoms with Gasteiger partial charge in [0, 0.05) is 42.2 Å². The number of benzene rings is 2. The molecule has 0 radical (unpaired) electrons. The minimum absolute atomic E-state index is 0.0379. The summed E-state index contributed by atoms with van der Waals surface area (Å²) in [4.78, 5) is 79.1. The van der Waals surface area contributed by atoms with Gasteiger partial charge in [0.2, 0.25) is 11.8 Å². The van der Waals surface area contributed by atoms with Crippen molar-refractivity contribution in [1.29, 1.82) is 0 Å². The topological polar surface area (TPSA) is 290 Å². The molecule has 3 rings (SSSR count). The molecule has 2 aromatic carbocycles. The first-order chi connectivity index (χ1) is 34.5. The molecule has 0 bridgehead atoms. The van der Waals surface area contributed by atoms with Crippen molar-refractivity contribution < 1.29 is 81.6 Å². The Balaban J connectivity index is 1.25. The van der Waals surface area contributed by atoms with Gasteiger partial charge < -0.3 is 74.1 Å². The molecule has 0 fully saturated rings. The van der Waals surface area contributed by atoms with Crippen LogP contribution in [0.2, 0.25) is 0 Å². The SMILES string of the molecule is CC[C@@H](NC(=O)CCOCCOCCOCCOCCOCCOCCOCCOCCSC(C)=O)Oc1ccc(N(C(=O)CNC(=O)c2cccc(NC3=NCC=CN3)c2)[C@@H](CC(=O)O)C(=O)O)cc1. The number of hydrogen-bond donors (Lipinski definition) is 6. The third kappa shape index (κ3) is 27.5. The number of carbonyl (C=O) groups is 6.